The number of hydrogen-bond donors (Lipinski definition) is 1. The van der Waals surface area contributed by atoms with Crippen LogP contribution in [0, 0.1) is 0 Å². The standard InChI is InChI=1S/C24H15NO/c1-2-6-15(7-3-1)16-10-11-17-19-12-13-20-18-8-4-5-9-22(18)26-24(20)23(19)25-21(17)14-16/h1-14,25H. The van der Waals surface area contributed by atoms with Crippen LogP contribution in [0.1, 0.15) is 0 Å². The first-order valence-corrected chi connectivity index (χ1v) is 8.79. The van der Waals surface area contributed by atoms with Gasteiger partial charge in [0.1, 0.15) is 5.58 Å². The fourth-order valence-electron chi connectivity index (χ4n) is 3.96. The first-order chi connectivity index (χ1) is 12.9. The molecular formula is C24H15NO. The van der Waals surface area contributed by atoms with E-state index in [0.717, 1.165) is 33.0 Å². The summed E-state index contributed by atoms with van der Waals surface area (Å²) < 4.78 is 6.18. The molecule has 2 heterocycles. The lowest BCUT2D eigenvalue weighted by Gasteiger charge is -2.01. The van der Waals surface area contributed by atoms with Gasteiger partial charge in [-0.05, 0) is 29.3 Å². The maximum Gasteiger partial charge on any atom is 0.159 e. The zero-order valence-corrected chi connectivity index (χ0v) is 14.0. The van der Waals surface area contributed by atoms with E-state index in [0.29, 0.717) is 0 Å². The summed E-state index contributed by atoms with van der Waals surface area (Å²) >= 11 is 0. The molecule has 0 saturated carbocycles. The third-order valence-electron chi connectivity index (χ3n) is 5.22. The van der Waals surface area contributed by atoms with Gasteiger partial charge in [-0.25, -0.2) is 0 Å². The molecule has 2 nitrogen and oxygen atoms in total. The summed E-state index contributed by atoms with van der Waals surface area (Å²) in [6, 6.07) is 29.6. The van der Waals surface area contributed by atoms with E-state index >= 15 is 0 Å². The quantitative estimate of drug-likeness (QED) is 0.349. The predicted molar refractivity (Wildman–Crippen MR) is 109 cm³/mol. The van der Waals surface area contributed by atoms with Crippen LogP contribution >= 0.6 is 0 Å². The van der Waals surface area contributed by atoms with Crippen molar-refractivity contribution in [2.75, 3.05) is 0 Å². The van der Waals surface area contributed by atoms with Crippen LogP contribution in [0.25, 0.3) is 54.9 Å². The van der Waals surface area contributed by atoms with Crippen LogP contribution in [0.5, 0.6) is 0 Å². The SMILES string of the molecule is c1ccc(-c2ccc3c(c2)[nH]c2c3ccc3c4ccccc4oc32)cc1. The zero-order valence-electron chi connectivity index (χ0n) is 14.0. The highest BCUT2D eigenvalue weighted by atomic mass is 16.3. The van der Waals surface area contributed by atoms with Gasteiger partial charge in [0.15, 0.2) is 5.58 Å². The van der Waals surface area contributed by atoms with E-state index in [9.17, 15) is 0 Å². The number of hydrogen-bond acceptors (Lipinski definition) is 1. The van der Waals surface area contributed by atoms with Gasteiger partial charge in [0.05, 0.1) is 5.52 Å². The van der Waals surface area contributed by atoms with E-state index in [1.807, 2.05) is 18.2 Å². The molecule has 0 amide bonds. The van der Waals surface area contributed by atoms with Gasteiger partial charge in [-0.15, -0.1) is 0 Å². The van der Waals surface area contributed by atoms with Crippen LogP contribution in [-0.2, 0) is 0 Å². The number of benzene rings is 4. The molecule has 0 fully saturated rings. The van der Waals surface area contributed by atoms with Crippen LogP contribution in [0.3, 0.4) is 0 Å². The normalized spacial score (nSPS) is 11.8. The van der Waals surface area contributed by atoms with Crippen LogP contribution < -0.4 is 0 Å². The third-order valence-corrected chi connectivity index (χ3v) is 5.22. The first kappa shape index (κ1) is 13.7. The molecule has 0 unspecified atom stereocenters. The lowest BCUT2D eigenvalue weighted by Crippen LogP contribution is -1.77. The molecule has 2 aromatic heterocycles. The molecule has 0 atom stereocenters. The molecule has 0 bridgehead atoms. The number of furan rings is 1. The lowest BCUT2D eigenvalue weighted by atomic mass is 10.0. The fourth-order valence-corrected chi connectivity index (χ4v) is 3.96. The van der Waals surface area contributed by atoms with Crippen molar-refractivity contribution in [2.45, 2.75) is 0 Å². The molecule has 1 N–H and O–H groups in total. The van der Waals surface area contributed by atoms with Gasteiger partial charge in [0, 0.05) is 27.1 Å². The van der Waals surface area contributed by atoms with Gasteiger partial charge in [0.2, 0.25) is 0 Å². The highest BCUT2D eigenvalue weighted by Crippen LogP contribution is 2.37. The number of aromatic amines is 1. The average Bonchev–Trinajstić information content (AvgIpc) is 3.26. The Bertz CT molecular complexity index is 1420. The van der Waals surface area contributed by atoms with Crippen molar-refractivity contribution in [3.63, 3.8) is 0 Å². The Morgan fingerprint density at radius 2 is 1.35 bits per heavy atom. The Labute approximate surface area is 149 Å². The van der Waals surface area contributed by atoms with Crippen molar-refractivity contribution in [2.24, 2.45) is 0 Å². The number of para-hydroxylation sites is 1. The summed E-state index contributed by atoms with van der Waals surface area (Å²) in [6.45, 7) is 0. The topological polar surface area (TPSA) is 28.9 Å². The fraction of sp³-hybridized carbons (Fsp3) is 0. The Morgan fingerprint density at radius 1 is 0.577 bits per heavy atom. The summed E-state index contributed by atoms with van der Waals surface area (Å²) in [4.78, 5) is 3.60. The molecular weight excluding hydrogens is 318 g/mol. The monoisotopic (exact) mass is 333 g/mol. The van der Waals surface area contributed by atoms with Crippen LogP contribution in [0.15, 0.2) is 89.3 Å². The van der Waals surface area contributed by atoms with E-state index in [2.05, 4.69) is 71.7 Å². The predicted octanol–water partition coefficient (Wildman–Crippen LogP) is 6.89. The van der Waals surface area contributed by atoms with E-state index in [4.69, 9.17) is 4.42 Å². The Kier molecular flexibility index (Phi) is 2.64. The molecule has 2 heteroatoms. The van der Waals surface area contributed by atoms with Gasteiger partial charge in [-0.3, -0.25) is 0 Å². The molecule has 0 radical (unpaired) electrons. The second kappa shape index (κ2) is 4.99. The van der Waals surface area contributed by atoms with E-state index in [1.54, 1.807) is 0 Å². The Hall–Kier alpha value is -3.52. The molecule has 6 rings (SSSR count). The molecule has 26 heavy (non-hydrogen) atoms. The minimum atomic E-state index is 0.929. The maximum absolute atomic E-state index is 6.18. The zero-order chi connectivity index (χ0) is 17.1. The second-order valence-corrected chi connectivity index (χ2v) is 6.71. The highest BCUT2D eigenvalue weighted by molar-refractivity contribution is 6.20. The second-order valence-electron chi connectivity index (χ2n) is 6.71. The van der Waals surface area contributed by atoms with Crippen LogP contribution in [-0.4, -0.2) is 4.98 Å². The van der Waals surface area contributed by atoms with Crippen molar-refractivity contribution in [1.29, 1.82) is 0 Å². The number of H-pyrrole nitrogens is 1. The third kappa shape index (κ3) is 1.81. The molecule has 0 aliphatic heterocycles. The van der Waals surface area contributed by atoms with E-state index in [-0.39, 0.29) is 0 Å². The molecule has 122 valence electrons. The number of rotatable bonds is 1. The first-order valence-electron chi connectivity index (χ1n) is 8.79. The van der Waals surface area contributed by atoms with Crippen molar-refractivity contribution in [1.82, 2.24) is 4.98 Å². The highest BCUT2D eigenvalue weighted by Gasteiger charge is 2.13. The van der Waals surface area contributed by atoms with Crippen LogP contribution in [0.2, 0.25) is 0 Å². The molecule has 0 spiro atoms. The molecule has 0 saturated heterocycles. The van der Waals surface area contributed by atoms with Crippen molar-refractivity contribution in [3.05, 3.63) is 84.9 Å². The summed E-state index contributed by atoms with van der Waals surface area (Å²) in [5.74, 6) is 0. The van der Waals surface area contributed by atoms with Crippen molar-refractivity contribution < 1.29 is 4.42 Å². The average molecular weight is 333 g/mol. The number of aromatic nitrogens is 1. The Morgan fingerprint density at radius 3 is 2.27 bits per heavy atom. The molecule has 0 aliphatic carbocycles. The van der Waals surface area contributed by atoms with Gasteiger partial charge >= 0.3 is 0 Å². The molecule has 4 aromatic carbocycles. The summed E-state index contributed by atoms with van der Waals surface area (Å²) in [7, 11) is 0. The van der Waals surface area contributed by atoms with Crippen molar-refractivity contribution >= 4 is 43.7 Å². The Balaban J connectivity index is 1.69. The summed E-state index contributed by atoms with van der Waals surface area (Å²) in [5, 5.41) is 4.74. The molecule has 0 aliphatic rings. The smallest absolute Gasteiger partial charge is 0.159 e. The number of nitrogens with one attached hydrogen (secondary N) is 1. The largest absolute Gasteiger partial charge is 0.454 e. The lowest BCUT2D eigenvalue weighted by molar-refractivity contribution is 0.672. The minimum absolute atomic E-state index is 0.929. The van der Waals surface area contributed by atoms with E-state index in [1.165, 1.54) is 21.9 Å². The molecule has 6 aromatic rings. The maximum atomic E-state index is 6.18. The van der Waals surface area contributed by atoms with Gasteiger partial charge in [0.25, 0.3) is 0 Å². The summed E-state index contributed by atoms with van der Waals surface area (Å²) in [6.07, 6.45) is 0. The van der Waals surface area contributed by atoms with Gasteiger partial charge < -0.3 is 9.40 Å². The summed E-state index contributed by atoms with van der Waals surface area (Å²) in [5.41, 5.74) is 6.50. The van der Waals surface area contributed by atoms with Gasteiger partial charge in [-0.2, -0.15) is 0 Å². The minimum Gasteiger partial charge on any atom is -0.454 e. The number of fused-ring (bicyclic) bond motifs is 7. The van der Waals surface area contributed by atoms with Crippen LogP contribution in [0.4, 0.5) is 0 Å². The van der Waals surface area contributed by atoms with Gasteiger partial charge in [-0.1, -0.05) is 66.7 Å². The van der Waals surface area contributed by atoms with Crippen molar-refractivity contribution in [3.8, 4) is 11.1 Å². The van der Waals surface area contributed by atoms with E-state index < -0.39 is 0 Å².